The van der Waals surface area contributed by atoms with Gasteiger partial charge in [0.25, 0.3) is 0 Å². The quantitative estimate of drug-likeness (QED) is 0.449. The monoisotopic (exact) mass is 358 g/mol. The summed E-state index contributed by atoms with van der Waals surface area (Å²) in [5, 5.41) is 20.1. The number of hydrogen-bond acceptors (Lipinski definition) is 5. The first-order valence-electron chi connectivity index (χ1n) is 6.21. The zero-order valence-corrected chi connectivity index (χ0v) is 11.5. The first-order chi connectivity index (χ1) is 11.1. The summed E-state index contributed by atoms with van der Waals surface area (Å²) in [4.78, 5) is 9.47. The molecule has 0 spiro atoms. The van der Waals surface area contributed by atoms with Gasteiger partial charge in [0.2, 0.25) is 6.43 Å². The molecule has 0 bridgehead atoms. The molecule has 132 valence electrons. The van der Waals surface area contributed by atoms with Crippen molar-refractivity contribution in [2.24, 2.45) is 0 Å². The van der Waals surface area contributed by atoms with Crippen LogP contribution in [0.4, 0.5) is 32.0 Å². The second-order valence-corrected chi connectivity index (χ2v) is 4.62. The van der Waals surface area contributed by atoms with Crippen molar-refractivity contribution in [3.05, 3.63) is 34.1 Å². The van der Waals surface area contributed by atoms with Crippen LogP contribution in [0.15, 0.2) is 12.4 Å². The predicted molar refractivity (Wildman–Crippen MR) is 63.7 cm³/mol. The molecule has 8 nitrogen and oxygen atoms in total. The molecule has 0 aromatic carbocycles. The number of rotatable bonds is 6. The Hall–Kier alpha value is -2.67. The van der Waals surface area contributed by atoms with E-state index in [0.29, 0.717) is 15.6 Å². The highest BCUT2D eigenvalue weighted by Crippen LogP contribution is 2.28. The number of hydrogen-bond donors (Lipinski definition) is 0. The van der Waals surface area contributed by atoms with Crippen molar-refractivity contribution in [3.8, 4) is 0 Å². The largest absolute Gasteiger partial charge is 0.408 e. The lowest BCUT2D eigenvalue weighted by molar-refractivity contribution is -0.387. The molecule has 0 amide bonds. The lowest BCUT2D eigenvalue weighted by Gasteiger charge is -2.18. The smallest absolute Gasteiger partial charge is 0.258 e. The fourth-order valence-corrected chi connectivity index (χ4v) is 1.99. The molecule has 1 atom stereocenters. The first-order valence-corrected chi connectivity index (χ1v) is 6.21. The summed E-state index contributed by atoms with van der Waals surface area (Å²) >= 11 is 0. The minimum absolute atomic E-state index is 0.304. The van der Waals surface area contributed by atoms with Crippen LogP contribution in [0.1, 0.15) is 18.2 Å². The van der Waals surface area contributed by atoms with Crippen molar-refractivity contribution in [1.29, 1.82) is 0 Å². The van der Waals surface area contributed by atoms with Crippen LogP contribution in [0.5, 0.6) is 0 Å². The fourth-order valence-electron chi connectivity index (χ4n) is 1.99. The van der Waals surface area contributed by atoms with Gasteiger partial charge in [-0.2, -0.15) is 17.6 Å². The minimum Gasteiger partial charge on any atom is -0.258 e. The lowest BCUT2D eigenvalue weighted by Crippen LogP contribution is -2.24. The molecule has 0 radical (unpaired) electrons. The molecule has 2 aromatic heterocycles. The average Bonchev–Trinajstić information content (AvgIpc) is 3.00. The molecule has 2 aromatic rings. The van der Waals surface area contributed by atoms with E-state index in [1.54, 1.807) is 0 Å². The zero-order chi connectivity index (χ0) is 18.1. The van der Waals surface area contributed by atoms with Crippen molar-refractivity contribution in [2.75, 3.05) is 0 Å². The van der Waals surface area contributed by atoms with E-state index in [4.69, 9.17) is 0 Å². The minimum atomic E-state index is -4.71. The zero-order valence-electron chi connectivity index (χ0n) is 11.5. The van der Waals surface area contributed by atoms with Gasteiger partial charge in [-0.25, -0.2) is 13.5 Å². The average molecular weight is 358 g/mol. The summed E-state index contributed by atoms with van der Waals surface area (Å²) in [6.07, 6.45) is -7.48. The Morgan fingerprint density at radius 3 is 2.50 bits per heavy atom. The van der Waals surface area contributed by atoms with E-state index in [2.05, 4.69) is 15.4 Å². The molecule has 14 heteroatoms. The van der Waals surface area contributed by atoms with E-state index < -0.39 is 53.9 Å². The van der Waals surface area contributed by atoms with E-state index in [1.165, 1.54) is 0 Å². The Labute approximate surface area is 128 Å². The maximum Gasteiger partial charge on any atom is 0.408 e. The lowest BCUT2D eigenvalue weighted by atomic mass is 10.1. The van der Waals surface area contributed by atoms with Gasteiger partial charge < -0.3 is 0 Å². The number of nitrogens with zero attached hydrogens (tertiary/aromatic N) is 6. The third kappa shape index (κ3) is 3.99. The topological polar surface area (TPSA) is 91.7 Å². The molecule has 0 saturated carbocycles. The Morgan fingerprint density at radius 1 is 1.33 bits per heavy atom. The van der Waals surface area contributed by atoms with E-state index in [-0.39, 0.29) is 0 Å². The number of alkyl halides is 5. The summed E-state index contributed by atoms with van der Waals surface area (Å²) in [6, 6.07) is -1.62. The van der Waals surface area contributed by atoms with Crippen molar-refractivity contribution in [1.82, 2.24) is 24.8 Å². The molecule has 2 rings (SSSR count). The fraction of sp³-hybridized carbons (Fsp3) is 0.500. The van der Waals surface area contributed by atoms with Gasteiger partial charge in [-0.1, -0.05) is 5.21 Å². The van der Waals surface area contributed by atoms with Crippen LogP contribution in [0.25, 0.3) is 0 Å². The third-order valence-corrected chi connectivity index (χ3v) is 2.90. The summed E-state index contributed by atoms with van der Waals surface area (Å²) in [5.41, 5.74) is -1.53. The van der Waals surface area contributed by atoms with Crippen LogP contribution in [0.3, 0.4) is 0 Å². The third-order valence-electron chi connectivity index (χ3n) is 2.90. The summed E-state index contributed by atoms with van der Waals surface area (Å²) in [7, 11) is 0. The van der Waals surface area contributed by atoms with E-state index in [9.17, 15) is 36.5 Å². The molecule has 2 heterocycles. The van der Waals surface area contributed by atoms with Crippen LogP contribution in [0, 0.1) is 16.1 Å². The second kappa shape index (κ2) is 6.45. The van der Waals surface area contributed by atoms with E-state index in [1.807, 2.05) is 0 Å². The summed E-state index contributed by atoms with van der Waals surface area (Å²) in [5.74, 6) is -1.55. The highest BCUT2D eigenvalue weighted by Gasteiger charge is 2.33. The molecule has 1 unspecified atom stereocenters. The van der Waals surface area contributed by atoms with Gasteiger partial charge in [0.05, 0.1) is 16.8 Å². The molecule has 0 fully saturated rings. The number of nitro groups is 1. The van der Waals surface area contributed by atoms with Gasteiger partial charge in [-0.15, -0.1) is 10.2 Å². The maximum atomic E-state index is 13.4. The molecule has 0 saturated heterocycles. The predicted octanol–water partition coefficient (Wildman–Crippen LogP) is 2.33. The van der Waals surface area contributed by atoms with Gasteiger partial charge in [-0.05, 0) is 0 Å². The Balaban J connectivity index is 2.45. The normalized spacial score (nSPS) is 13.5. The van der Waals surface area contributed by atoms with Crippen LogP contribution in [-0.4, -0.2) is 42.3 Å². The van der Waals surface area contributed by atoms with Crippen LogP contribution in [-0.2, 0) is 6.54 Å². The van der Waals surface area contributed by atoms with Gasteiger partial charge in [0, 0.05) is 6.42 Å². The molecule has 24 heavy (non-hydrogen) atoms. The van der Waals surface area contributed by atoms with Gasteiger partial charge in [-0.3, -0.25) is 14.8 Å². The maximum absolute atomic E-state index is 13.4. The molecule has 0 N–H and O–H groups in total. The van der Waals surface area contributed by atoms with Crippen molar-refractivity contribution in [3.63, 3.8) is 0 Å². The standard InChI is InChI=1S/C10H8F6N6O2/c11-8(12)1-5(20-3-7(22(23)24)9(13)18-20)6-2-17-19-21(6)4-10(14,15)16/h2-3,5,8H,1,4H2. The van der Waals surface area contributed by atoms with Gasteiger partial charge >= 0.3 is 17.8 Å². The molecule has 0 aliphatic rings. The summed E-state index contributed by atoms with van der Waals surface area (Å²) < 4.78 is 77.2. The molecule has 0 aliphatic carbocycles. The second-order valence-electron chi connectivity index (χ2n) is 4.62. The van der Waals surface area contributed by atoms with Crippen molar-refractivity contribution in [2.45, 2.75) is 31.6 Å². The highest BCUT2D eigenvalue weighted by atomic mass is 19.4. The SMILES string of the molecule is O=[N+]([O-])c1cn(C(CC(F)F)c2cnnn2CC(F)(F)F)nc1F. The highest BCUT2D eigenvalue weighted by molar-refractivity contribution is 5.24. The number of aromatic nitrogens is 5. The molecule has 0 aliphatic heterocycles. The molecular formula is C10H8F6N6O2. The number of halogens is 6. The summed E-state index contributed by atoms with van der Waals surface area (Å²) in [6.45, 7) is -1.62. The van der Waals surface area contributed by atoms with Crippen molar-refractivity contribution >= 4 is 5.69 Å². The van der Waals surface area contributed by atoms with Crippen molar-refractivity contribution < 1.29 is 31.3 Å². The Morgan fingerprint density at radius 2 is 2.00 bits per heavy atom. The van der Waals surface area contributed by atoms with Gasteiger partial charge in [0.1, 0.15) is 18.8 Å². The molecular weight excluding hydrogens is 350 g/mol. The van der Waals surface area contributed by atoms with Crippen LogP contribution < -0.4 is 0 Å². The van der Waals surface area contributed by atoms with E-state index >= 15 is 0 Å². The van der Waals surface area contributed by atoms with Crippen LogP contribution in [0.2, 0.25) is 0 Å². The first kappa shape index (κ1) is 17.7. The Bertz CT molecular complexity index is 726. The Kier molecular flexibility index (Phi) is 4.75. The van der Waals surface area contributed by atoms with Gasteiger partial charge in [0.15, 0.2) is 0 Å². The van der Waals surface area contributed by atoms with E-state index in [0.717, 1.165) is 6.20 Å². The van der Waals surface area contributed by atoms with Crippen LogP contribution >= 0.6 is 0 Å².